The molecular formula is C22H18ClFN4O4S. The van der Waals surface area contributed by atoms with Gasteiger partial charge in [-0.15, -0.1) is 0 Å². The van der Waals surface area contributed by atoms with Gasteiger partial charge in [-0.05, 0) is 47.9 Å². The van der Waals surface area contributed by atoms with Crippen molar-refractivity contribution in [3.05, 3.63) is 82.2 Å². The average molecular weight is 489 g/mol. The fraction of sp³-hybridized carbons (Fsp3) is 0.227. The number of H-pyrrole nitrogens is 1. The number of piperidine rings is 1. The summed E-state index contributed by atoms with van der Waals surface area (Å²) in [5.41, 5.74) is 0.815. The largest absolute Gasteiger partial charge is 0.481 e. The maximum Gasteiger partial charge on any atom is 0.316 e. The minimum atomic E-state index is -4.04. The Morgan fingerprint density at radius 1 is 1.21 bits per heavy atom. The number of sulfonamides is 1. The van der Waals surface area contributed by atoms with Crippen LogP contribution >= 0.6 is 11.6 Å². The van der Waals surface area contributed by atoms with Gasteiger partial charge in [0.25, 0.3) is 0 Å². The van der Waals surface area contributed by atoms with Gasteiger partial charge in [-0.3, -0.25) is 9.89 Å². The number of nitrogens with zero attached hydrogens (tertiary/aromatic N) is 3. The van der Waals surface area contributed by atoms with Gasteiger partial charge in [-0.2, -0.15) is 9.40 Å². The molecule has 0 bridgehead atoms. The molecule has 0 saturated carbocycles. The van der Waals surface area contributed by atoms with Crippen molar-refractivity contribution in [1.82, 2.24) is 19.5 Å². The third-order valence-corrected chi connectivity index (χ3v) is 8.43. The maximum atomic E-state index is 13.7. The van der Waals surface area contributed by atoms with Gasteiger partial charge in [0.05, 0.1) is 11.9 Å². The molecule has 2 aromatic heterocycles. The number of hydrogen-bond acceptors (Lipinski definition) is 5. The van der Waals surface area contributed by atoms with Crippen LogP contribution in [-0.4, -0.2) is 52.1 Å². The lowest BCUT2D eigenvalue weighted by Gasteiger charge is -2.47. The van der Waals surface area contributed by atoms with Crippen LogP contribution in [0, 0.1) is 11.2 Å². The van der Waals surface area contributed by atoms with Crippen molar-refractivity contribution in [3.63, 3.8) is 0 Å². The first-order valence-corrected chi connectivity index (χ1v) is 11.9. The zero-order valence-electron chi connectivity index (χ0n) is 17.1. The Bertz CT molecular complexity index is 1370. The number of pyridine rings is 1. The molecule has 1 aliphatic carbocycles. The summed E-state index contributed by atoms with van der Waals surface area (Å²) in [7, 11) is -4.04. The second-order valence-corrected chi connectivity index (χ2v) is 10.4. The summed E-state index contributed by atoms with van der Waals surface area (Å²) in [5.74, 6) is -2.39. The van der Waals surface area contributed by atoms with Gasteiger partial charge >= 0.3 is 5.97 Å². The molecule has 8 nitrogen and oxygen atoms in total. The van der Waals surface area contributed by atoms with Gasteiger partial charge in [-0.25, -0.2) is 17.8 Å². The van der Waals surface area contributed by atoms with E-state index in [0.717, 1.165) is 6.20 Å². The minimum absolute atomic E-state index is 0.0713. The number of rotatable bonds is 4. The number of aromatic amines is 1. The monoisotopic (exact) mass is 488 g/mol. The Kier molecular flexibility index (Phi) is 5.11. The number of benzene rings is 1. The Hall–Kier alpha value is -3.08. The summed E-state index contributed by atoms with van der Waals surface area (Å²) in [6.45, 7) is -0.197. The van der Waals surface area contributed by atoms with E-state index in [1.54, 1.807) is 6.08 Å². The molecule has 2 aliphatic rings. The molecule has 1 aromatic carbocycles. The van der Waals surface area contributed by atoms with Gasteiger partial charge < -0.3 is 5.11 Å². The van der Waals surface area contributed by atoms with Crippen molar-refractivity contribution < 1.29 is 22.7 Å². The number of aliphatic carboxylic acids is 1. The lowest BCUT2D eigenvalue weighted by molar-refractivity contribution is -0.148. The van der Waals surface area contributed by atoms with Crippen LogP contribution in [0.5, 0.6) is 0 Å². The van der Waals surface area contributed by atoms with Gasteiger partial charge in [-0.1, -0.05) is 23.7 Å². The summed E-state index contributed by atoms with van der Waals surface area (Å²) in [5, 5.41) is 17.7. The SMILES string of the molecule is O=C(O)[C@@]12CN(S(=O)(=O)c3ccc(Cl)nc3)CCC1=Cc1[nH]ncc1C2c1ccc(F)cc1. The summed E-state index contributed by atoms with van der Waals surface area (Å²) >= 11 is 5.80. The third-order valence-electron chi connectivity index (χ3n) is 6.37. The number of carboxylic acids is 1. The number of aromatic nitrogens is 3. The number of carbonyl (C=O) groups is 1. The van der Waals surface area contributed by atoms with E-state index in [0.29, 0.717) is 22.4 Å². The topological polar surface area (TPSA) is 116 Å². The lowest BCUT2D eigenvalue weighted by Crippen LogP contribution is -2.55. The Morgan fingerprint density at radius 3 is 2.64 bits per heavy atom. The van der Waals surface area contributed by atoms with Crippen LogP contribution in [0.3, 0.4) is 0 Å². The molecule has 0 spiro atoms. The van der Waals surface area contributed by atoms with Gasteiger partial charge in [0, 0.05) is 30.8 Å². The van der Waals surface area contributed by atoms with Crippen molar-refractivity contribution in [1.29, 1.82) is 0 Å². The highest BCUT2D eigenvalue weighted by Crippen LogP contribution is 2.54. The number of carboxylic acid groups (broad SMARTS) is 1. The number of halogens is 2. The third kappa shape index (κ3) is 3.36. The Labute approximate surface area is 193 Å². The number of hydrogen-bond donors (Lipinski definition) is 2. The van der Waals surface area contributed by atoms with Gasteiger partial charge in [0.2, 0.25) is 10.0 Å². The van der Waals surface area contributed by atoms with Crippen molar-refractivity contribution in [2.75, 3.05) is 13.1 Å². The minimum Gasteiger partial charge on any atom is -0.481 e. The van der Waals surface area contributed by atoms with Crippen LogP contribution < -0.4 is 0 Å². The van der Waals surface area contributed by atoms with E-state index in [2.05, 4.69) is 15.2 Å². The summed E-state index contributed by atoms with van der Waals surface area (Å²) in [6.07, 6.45) is 4.65. The van der Waals surface area contributed by atoms with E-state index in [9.17, 15) is 22.7 Å². The standard InChI is InChI=1S/C22H18ClFN4O4S/c23-19-6-5-16(10-25-19)33(31,32)28-8-7-14-9-18-17(11-26-27-18)20(22(14,12-28)21(29)30)13-1-3-15(24)4-2-13/h1-6,9-11,20H,7-8,12H2,(H,26,27)(H,29,30)/t20?,22-/m0/s1. The fourth-order valence-electron chi connectivity index (χ4n) is 4.81. The zero-order valence-corrected chi connectivity index (χ0v) is 18.6. The van der Waals surface area contributed by atoms with Crippen LogP contribution in [0.1, 0.15) is 29.2 Å². The van der Waals surface area contributed by atoms with E-state index in [-0.39, 0.29) is 29.6 Å². The lowest BCUT2D eigenvalue weighted by atomic mass is 9.60. The molecule has 1 saturated heterocycles. The average Bonchev–Trinajstić information content (AvgIpc) is 3.25. The van der Waals surface area contributed by atoms with Gasteiger partial charge in [0.15, 0.2) is 0 Å². The molecule has 0 radical (unpaired) electrons. The second-order valence-electron chi connectivity index (χ2n) is 8.07. The van der Waals surface area contributed by atoms with Crippen molar-refractivity contribution in [3.8, 4) is 0 Å². The summed E-state index contributed by atoms with van der Waals surface area (Å²) in [4.78, 5) is 16.7. The number of nitrogens with one attached hydrogen (secondary N) is 1. The maximum absolute atomic E-state index is 13.7. The van der Waals surface area contributed by atoms with Crippen LogP contribution in [0.2, 0.25) is 5.15 Å². The quantitative estimate of drug-likeness (QED) is 0.544. The molecule has 2 N–H and O–H groups in total. The molecule has 33 heavy (non-hydrogen) atoms. The highest BCUT2D eigenvalue weighted by atomic mass is 35.5. The van der Waals surface area contributed by atoms with Gasteiger partial charge in [0.1, 0.15) is 21.3 Å². The normalized spacial score (nSPS) is 22.8. The molecule has 2 atom stereocenters. The molecule has 0 amide bonds. The van der Waals surface area contributed by atoms with Crippen LogP contribution in [-0.2, 0) is 14.8 Å². The molecule has 1 unspecified atom stereocenters. The zero-order chi connectivity index (χ0) is 23.4. The van der Waals surface area contributed by atoms with Crippen molar-refractivity contribution in [2.24, 2.45) is 5.41 Å². The van der Waals surface area contributed by atoms with Crippen molar-refractivity contribution >= 4 is 33.7 Å². The van der Waals surface area contributed by atoms with E-state index < -0.39 is 33.1 Å². The van der Waals surface area contributed by atoms with E-state index in [4.69, 9.17) is 11.6 Å². The second kappa shape index (κ2) is 7.75. The molecule has 170 valence electrons. The molecule has 11 heteroatoms. The van der Waals surface area contributed by atoms with Crippen LogP contribution in [0.4, 0.5) is 4.39 Å². The number of fused-ring (bicyclic) bond motifs is 2. The summed E-state index contributed by atoms with van der Waals surface area (Å²) < 4.78 is 41.6. The highest BCUT2D eigenvalue weighted by molar-refractivity contribution is 7.89. The Morgan fingerprint density at radius 2 is 1.97 bits per heavy atom. The molecule has 5 rings (SSSR count). The van der Waals surface area contributed by atoms with Crippen molar-refractivity contribution in [2.45, 2.75) is 17.2 Å². The molecule has 1 aliphatic heterocycles. The first-order valence-electron chi connectivity index (χ1n) is 10.1. The summed E-state index contributed by atoms with van der Waals surface area (Å²) in [6, 6.07) is 8.30. The highest BCUT2D eigenvalue weighted by Gasteiger charge is 2.57. The van der Waals surface area contributed by atoms with Crippen LogP contribution in [0.25, 0.3) is 6.08 Å². The smallest absolute Gasteiger partial charge is 0.316 e. The van der Waals surface area contributed by atoms with E-state index in [1.165, 1.54) is 46.9 Å². The molecule has 3 heterocycles. The van der Waals surface area contributed by atoms with E-state index >= 15 is 0 Å². The molecule has 3 aromatic rings. The first-order chi connectivity index (χ1) is 15.7. The fourth-order valence-corrected chi connectivity index (χ4v) is 6.35. The molecular weight excluding hydrogens is 471 g/mol. The van der Waals surface area contributed by atoms with E-state index in [1.807, 2.05) is 0 Å². The molecule has 1 fully saturated rings. The Balaban J connectivity index is 1.66. The van der Waals surface area contributed by atoms with Crippen LogP contribution in [0.15, 0.2) is 59.3 Å². The predicted octanol–water partition coefficient (Wildman–Crippen LogP) is 3.29. The predicted molar refractivity (Wildman–Crippen MR) is 117 cm³/mol. The first kappa shape index (κ1) is 21.7.